The average Bonchev–Trinajstić information content (AvgIpc) is 2.76. The first-order chi connectivity index (χ1) is 15.0. The third kappa shape index (κ3) is 5.84. The van der Waals surface area contributed by atoms with Crippen LogP contribution in [0.4, 0.5) is 11.5 Å². The number of nitrogens with zero attached hydrogens (tertiary/aromatic N) is 2. The third-order valence-electron chi connectivity index (χ3n) is 4.41. The standard InChI is InChI=1S/C22H23ClN4O4/c1-30-11-10-25-21-22(29)27(13-18(28)31-14-15-6-3-2-4-7-15)19(20(23)26-21)16-8-5-9-17(24)12-16/h2-9,12H,10-11,13-14,24H2,1H3,(H,25,26). The molecule has 0 spiro atoms. The number of nitrogens with one attached hydrogen (secondary N) is 1. The molecular formula is C22H23ClN4O4. The molecule has 9 heteroatoms. The van der Waals surface area contributed by atoms with E-state index < -0.39 is 11.5 Å². The molecular weight excluding hydrogens is 420 g/mol. The number of nitrogen functional groups attached to an aromatic ring is 1. The van der Waals surface area contributed by atoms with Crippen LogP contribution in [-0.2, 0) is 27.4 Å². The van der Waals surface area contributed by atoms with Gasteiger partial charge in [-0.05, 0) is 17.7 Å². The zero-order valence-electron chi connectivity index (χ0n) is 17.0. The van der Waals surface area contributed by atoms with E-state index in [1.165, 1.54) is 4.57 Å². The van der Waals surface area contributed by atoms with Crippen LogP contribution in [0.2, 0.25) is 5.15 Å². The number of carbonyl (C=O) groups excluding carboxylic acids is 1. The smallest absolute Gasteiger partial charge is 0.326 e. The van der Waals surface area contributed by atoms with Crippen molar-refractivity contribution in [3.63, 3.8) is 0 Å². The van der Waals surface area contributed by atoms with Gasteiger partial charge in [0.2, 0.25) is 0 Å². The number of hydrogen-bond donors (Lipinski definition) is 2. The van der Waals surface area contributed by atoms with E-state index in [-0.39, 0.29) is 29.8 Å². The van der Waals surface area contributed by atoms with Crippen molar-refractivity contribution in [1.82, 2.24) is 9.55 Å². The molecule has 0 saturated carbocycles. The lowest BCUT2D eigenvalue weighted by Crippen LogP contribution is -2.31. The van der Waals surface area contributed by atoms with Gasteiger partial charge in [-0.25, -0.2) is 4.98 Å². The maximum absolute atomic E-state index is 13.1. The Kier molecular flexibility index (Phi) is 7.64. The highest BCUT2D eigenvalue weighted by atomic mass is 35.5. The maximum atomic E-state index is 13.1. The monoisotopic (exact) mass is 442 g/mol. The molecule has 0 aliphatic carbocycles. The SMILES string of the molecule is COCCNc1nc(Cl)c(-c2cccc(N)c2)n(CC(=O)OCc2ccccc2)c1=O. The van der Waals surface area contributed by atoms with E-state index >= 15 is 0 Å². The van der Waals surface area contributed by atoms with E-state index in [4.69, 9.17) is 26.8 Å². The van der Waals surface area contributed by atoms with Gasteiger partial charge in [0.15, 0.2) is 11.0 Å². The summed E-state index contributed by atoms with van der Waals surface area (Å²) in [7, 11) is 1.55. The lowest BCUT2D eigenvalue weighted by atomic mass is 10.1. The molecule has 0 atom stereocenters. The second-order valence-corrected chi connectivity index (χ2v) is 7.04. The summed E-state index contributed by atoms with van der Waals surface area (Å²) in [5.74, 6) is -0.563. The number of nitrogens with two attached hydrogens (primary N) is 1. The number of carbonyl (C=O) groups is 1. The zero-order chi connectivity index (χ0) is 22.2. The molecule has 0 unspecified atom stereocenters. The fourth-order valence-electron chi connectivity index (χ4n) is 2.95. The normalized spacial score (nSPS) is 10.6. The Morgan fingerprint density at radius 3 is 2.68 bits per heavy atom. The van der Waals surface area contributed by atoms with E-state index in [0.717, 1.165) is 5.56 Å². The van der Waals surface area contributed by atoms with Crippen molar-refractivity contribution in [1.29, 1.82) is 0 Å². The van der Waals surface area contributed by atoms with Crippen LogP contribution in [-0.4, -0.2) is 35.8 Å². The van der Waals surface area contributed by atoms with Gasteiger partial charge in [0.25, 0.3) is 5.56 Å². The molecule has 1 aromatic heterocycles. The van der Waals surface area contributed by atoms with Gasteiger partial charge in [0, 0.05) is 24.9 Å². The zero-order valence-corrected chi connectivity index (χ0v) is 17.8. The van der Waals surface area contributed by atoms with Gasteiger partial charge in [0.1, 0.15) is 13.2 Å². The van der Waals surface area contributed by atoms with Crippen LogP contribution in [0.5, 0.6) is 0 Å². The van der Waals surface area contributed by atoms with E-state index in [0.29, 0.717) is 24.4 Å². The van der Waals surface area contributed by atoms with Gasteiger partial charge >= 0.3 is 5.97 Å². The van der Waals surface area contributed by atoms with Gasteiger partial charge in [-0.3, -0.25) is 14.2 Å². The average molecular weight is 443 g/mol. The third-order valence-corrected chi connectivity index (χ3v) is 4.68. The fraction of sp³-hybridized carbons (Fsp3) is 0.227. The van der Waals surface area contributed by atoms with Crippen molar-refractivity contribution in [2.75, 3.05) is 31.3 Å². The number of esters is 1. The first kappa shape index (κ1) is 22.3. The van der Waals surface area contributed by atoms with E-state index in [1.54, 1.807) is 31.4 Å². The summed E-state index contributed by atoms with van der Waals surface area (Å²) >= 11 is 6.43. The maximum Gasteiger partial charge on any atom is 0.326 e. The number of hydrogen-bond acceptors (Lipinski definition) is 7. The van der Waals surface area contributed by atoms with Gasteiger partial charge in [-0.2, -0.15) is 0 Å². The molecule has 0 aliphatic rings. The van der Waals surface area contributed by atoms with E-state index in [9.17, 15) is 9.59 Å². The predicted molar refractivity (Wildman–Crippen MR) is 120 cm³/mol. The number of ether oxygens (including phenoxy) is 2. The summed E-state index contributed by atoms with van der Waals surface area (Å²) in [6, 6.07) is 16.1. The van der Waals surface area contributed by atoms with Crippen LogP contribution in [0.25, 0.3) is 11.3 Å². The number of rotatable bonds is 9. The van der Waals surface area contributed by atoms with Gasteiger partial charge in [0.05, 0.1) is 12.3 Å². The molecule has 3 aromatic rings. The molecule has 31 heavy (non-hydrogen) atoms. The lowest BCUT2D eigenvalue weighted by molar-refractivity contribution is -0.145. The number of methoxy groups -OCH3 is 1. The molecule has 0 aliphatic heterocycles. The second kappa shape index (κ2) is 10.6. The quantitative estimate of drug-likeness (QED) is 0.298. The van der Waals surface area contributed by atoms with Crippen molar-refractivity contribution in [3.8, 4) is 11.3 Å². The Bertz CT molecular complexity index is 1100. The van der Waals surface area contributed by atoms with Crippen LogP contribution < -0.4 is 16.6 Å². The summed E-state index contributed by atoms with van der Waals surface area (Å²) in [5, 5.41) is 2.94. The van der Waals surface area contributed by atoms with Crippen LogP contribution in [0.3, 0.4) is 0 Å². The minimum Gasteiger partial charge on any atom is -0.459 e. The Hall–Kier alpha value is -3.36. The van der Waals surface area contributed by atoms with Crippen LogP contribution >= 0.6 is 11.6 Å². The molecule has 0 saturated heterocycles. The second-order valence-electron chi connectivity index (χ2n) is 6.68. The molecule has 0 fully saturated rings. The van der Waals surface area contributed by atoms with Crippen molar-refractivity contribution in [3.05, 3.63) is 75.7 Å². The minimum atomic E-state index is -0.582. The topological polar surface area (TPSA) is 108 Å². The first-order valence-corrected chi connectivity index (χ1v) is 9.96. The Morgan fingerprint density at radius 2 is 1.97 bits per heavy atom. The minimum absolute atomic E-state index is 0.0190. The summed E-state index contributed by atoms with van der Waals surface area (Å²) in [4.78, 5) is 29.8. The summed E-state index contributed by atoms with van der Waals surface area (Å²) in [6.07, 6.45) is 0. The highest BCUT2D eigenvalue weighted by molar-refractivity contribution is 6.32. The molecule has 3 rings (SSSR count). The van der Waals surface area contributed by atoms with Gasteiger partial charge in [-0.15, -0.1) is 0 Å². The Morgan fingerprint density at radius 1 is 1.19 bits per heavy atom. The first-order valence-electron chi connectivity index (χ1n) is 9.58. The number of anilines is 2. The van der Waals surface area contributed by atoms with Gasteiger partial charge in [-0.1, -0.05) is 54.1 Å². The number of aromatic nitrogens is 2. The van der Waals surface area contributed by atoms with Crippen molar-refractivity contribution >= 4 is 29.1 Å². The number of halogens is 1. The summed E-state index contributed by atoms with van der Waals surface area (Å²) in [6.45, 7) is 0.483. The summed E-state index contributed by atoms with van der Waals surface area (Å²) < 4.78 is 11.6. The predicted octanol–water partition coefficient (Wildman–Crippen LogP) is 2.95. The molecule has 0 radical (unpaired) electrons. The Balaban J connectivity index is 1.94. The van der Waals surface area contributed by atoms with Crippen molar-refractivity contribution in [2.45, 2.75) is 13.2 Å². The lowest BCUT2D eigenvalue weighted by Gasteiger charge is -2.16. The number of benzene rings is 2. The molecule has 0 bridgehead atoms. The highest BCUT2D eigenvalue weighted by Gasteiger charge is 2.20. The molecule has 1 heterocycles. The molecule has 2 aromatic carbocycles. The van der Waals surface area contributed by atoms with Crippen molar-refractivity contribution < 1.29 is 14.3 Å². The van der Waals surface area contributed by atoms with Crippen LogP contribution in [0.15, 0.2) is 59.4 Å². The Labute approximate surface area is 184 Å². The fourth-order valence-corrected chi connectivity index (χ4v) is 3.25. The summed E-state index contributed by atoms with van der Waals surface area (Å²) in [5.41, 5.74) is 7.56. The molecule has 8 nitrogen and oxygen atoms in total. The van der Waals surface area contributed by atoms with Crippen LogP contribution in [0.1, 0.15) is 5.56 Å². The molecule has 0 amide bonds. The molecule has 3 N–H and O–H groups in total. The largest absolute Gasteiger partial charge is 0.459 e. The van der Waals surface area contributed by atoms with Crippen molar-refractivity contribution in [2.24, 2.45) is 0 Å². The molecule has 162 valence electrons. The highest BCUT2D eigenvalue weighted by Crippen LogP contribution is 2.27. The van der Waals surface area contributed by atoms with E-state index in [1.807, 2.05) is 30.3 Å². The van der Waals surface area contributed by atoms with Crippen LogP contribution in [0, 0.1) is 0 Å². The van der Waals surface area contributed by atoms with E-state index in [2.05, 4.69) is 10.3 Å². The van der Waals surface area contributed by atoms with Gasteiger partial charge < -0.3 is 20.5 Å².